The van der Waals surface area contributed by atoms with Crippen LogP contribution in [0.1, 0.15) is 11.1 Å². The molecule has 0 aliphatic heterocycles. The second kappa shape index (κ2) is 3.87. The minimum atomic E-state index is -0.386. The van der Waals surface area contributed by atoms with Crippen LogP contribution in [0.25, 0.3) is 0 Å². The van der Waals surface area contributed by atoms with Crippen molar-refractivity contribution >= 4 is 11.6 Å². The van der Waals surface area contributed by atoms with Gasteiger partial charge in [0, 0.05) is 6.61 Å². The molecule has 0 bridgehead atoms. The largest absolute Gasteiger partial charge is 0.396 e. The van der Waals surface area contributed by atoms with E-state index in [9.17, 15) is 4.39 Å². The molecule has 0 aliphatic rings. The minimum Gasteiger partial charge on any atom is -0.396 e. The molecule has 1 rings (SSSR count). The fourth-order valence-corrected chi connectivity index (χ4v) is 1.31. The SMILES string of the molecule is Cc1ccc(CCO)c(Cl)c1F. The number of aryl methyl sites for hydroxylation is 1. The van der Waals surface area contributed by atoms with Gasteiger partial charge in [-0.1, -0.05) is 23.7 Å². The molecule has 0 amide bonds. The first kappa shape index (κ1) is 9.49. The monoisotopic (exact) mass is 188 g/mol. The Balaban J connectivity index is 3.08. The van der Waals surface area contributed by atoms with Gasteiger partial charge < -0.3 is 5.11 Å². The first-order valence-corrected chi connectivity index (χ1v) is 4.09. The van der Waals surface area contributed by atoms with Crippen LogP contribution >= 0.6 is 11.6 Å². The van der Waals surface area contributed by atoms with Crippen molar-refractivity contribution in [1.82, 2.24) is 0 Å². The zero-order chi connectivity index (χ0) is 9.14. The third kappa shape index (κ3) is 1.76. The summed E-state index contributed by atoms with van der Waals surface area (Å²) in [6.07, 6.45) is 0.399. The number of aliphatic hydroxyl groups excluding tert-OH is 1. The van der Waals surface area contributed by atoms with Gasteiger partial charge in [0.15, 0.2) is 0 Å². The molecule has 0 saturated carbocycles. The molecule has 1 aromatic rings. The Morgan fingerprint density at radius 3 is 2.75 bits per heavy atom. The Hall–Kier alpha value is -0.600. The summed E-state index contributed by atoms with van der Waals surface area (Å²) in [4.78, 5) is 0. The van der Waals surface area contributed by atoms with E-state index in [2.05, 4.69) is 0 Å². The summed E-state index contributed by atoms with van der Waals surface area (Å²) in [6, 6.07) is 3.39. The van der Waals surface area contributed by atoms with Crippen molar-refractivity contribution in [2.24, 2.45) is 0 Å². The van der Waals surface area contributed by atoms with Crippen LogP contribution in [0.5, 0.6) is 0 Å². The van der Waals surface area contributed by atoms with Gasteiger partial charge in [-0.3, -0.25) is 0 Å². The molecule has 0 saturated heterocycles. The van der Waals surface area contributed by atoms with E-state index in [-0.39, 0.29) is 17.4 Å². The number of hydrogen-bond donors (Lipinski definition) is 1. The zero-order valence-corrected chi connectivity index (χ0v) is 7.53. The van der Waals surface area contributed by atoms with Crippen molar-refractivity contribution < 1.29 is 9.50 Å². The van der Waals surface area contributed by atoms with Crippen molar-refractivity contribution in [2.45, 2.75) is 13.3 Å². The fraction of sp³-hybridized carbons (Fsp3) is 0.333. The highest BCUT2D eigenvalue weighted by Crippen LogP contribution is 2.22. The molecule has 0 unspecified atom stereocenters. The van der Waals surface area contributed by atoms with Gasteiger partial charge in [-0.15, -0.1) is 0 Å². The summed E-state index contributed by atoms with van der Waals surface area (Å²) in [6.45, 7) is 1.64. The van der Waals surface area contributed by atoms with E-state index < -0.39 is 0 Å². The molecule has 12 heavy (non-hydrogen) atoms. The number of hydrogen-bond acceptors (Lipinski definition) is 1. The Morgan fingerprint density at radius 1 is 1.50 bits per heavy atom. The summed E-state index contributed by atoms with van der Waals surface area (Å²) >= 11 is 5.69. The van der Waals surface area contributed by atoms with Gasteiger partial charge >= 0.3 is 0 Å². The van der Waals surface area contributed by atoms with E-state index in [4.69, 9.17) is 16.7 Å². The summed E-state index contributed by atoms with van der Waals surface area (Å²) in [5, 5.41) is 8.75. The molecular formula is C9H10ClFO. The Kier molecular flexibility index (Phi) is 3.06. The average molecular weight is 189 g/mol. The minimum absolute atomic E-state index is 0.0117. The third-order valence-corrected chi connectivity index (χ3v) is 2.15. The fourth-order valence-electron chi connectivity index (χ4n) is 1.000. The van der Waals surface area contributed by atoms with E-state index in [1.807, 2.05) is 0 Å². The molecule has 0 fully saturated rings. The van der Waals surface area contributed by atoms with E-state index in [0.29, 0.717) is 17.5 Å². The van der Waals surface area contributed by atoms with Crippen LogP contribution in [0.15, 0.2) is 12.1 Å². The topological polar surface area (TPSA) is 20.2 Å². The lowest BCUT2D eigenvalue weighted by molar-refractivity contribution is 0.299. The molecule has 0 atom stereocenters. The molecule has 1 nitrogen and oxygen atoms in total. The van der Waals surface area contributed by atoms with Gasteiger partial charge in [0.2, 0.25) is 0 Å². The summed E-state index contributed by atoms with van der Waals surface area (Å²) in [7, 11) is 0. The smallest absolute Gasteiger partial charge is 0.144 e. The van der Waals surface area contributed by atoms with Crippen LogP contribution in [0.4, 0.5) is 4.39 Å². The molecule has 0 spiro atoms. The molecule has 1 aromatic carbocycles. The predicted molar refractivity (Wildman–Crippen MR) is 46.9 cm³/mol. The lowest BCUT2D eigenvalue weighted by Gasteiger charge is -2.04. The quantitative estimate of drug-likeness (QED) is 0.755. The van der Waals surface area contributed by atoms with Crippen molar-refractivity contribution in [3.8, 4) is 0 Å². The van der Waals surface area contributed by atoms with Crippen LogP contribution in [-0.2, 0) is 6.42 Å². The molecule has 1 N–H and O–H groups in total. The van der Waals surface area contributed by atoms with E-state index in [1.165, 1.54) is 0 Å². The average Bonchev–Trinajstić information content (AvgIpc) is 2.07. The lowest BCUT2D eigenvalue weighted by Crippen LogP contribution is -1.95. The highest BCUT2D eigenvalue weighted by atomic mass is 35.5. The van der Waals surface area contributed by atoms with E-state index >= 15 is 0 Å². The maximum atomic E-state index is 13.1. The molecular weight excluding hydrogens is 179 g/mol. The number of benzene rings is 1. The van der Waals surface area contributed by atoms with Crippen molar-refractivity contribution in [1.29, 1.82) is 0 Å². The van der Waals surface area contributed by atoms with Crippen molar-refractivity contribution in [2.75, 3.05) is 6.61 Å². The molecule has 3 heteroatoms. The Labute approximate surface area is 75.8 Å². The summed E-state index contributed by atoms with van der Waals surface area (Å²) < 4.78 is 13.1. The second-order valence-corrected chi connectivity index (χ2v) is 3.02. The highest BCUT2D eigenvalue weighted by molar-refractivity contribution is 6.31. The third-order valence-electron chi connectivity index (χ3n) is 1.74. The van der Waals surface area contributed by atoms with Crippen LogP contribution in [0.3, 0.4) is 0 Å². The van der Waals surface area contributed by atoms with Gasteiger partial charge in [-0.25, -0.2) is 4.39 Å². The van der Waals surface area contributed by atoms with Crippen molar-refractivity contribution in [3.63, 3.8) is 0 Å². The lowest BCUT2D eigenvalue weighted by atomic mass is 10.1. The van der Waals surface area contributed by atoms with Gasteiger partial charge in [0.25, 0.3) is 0 Å². The van der Waals surface area contributed by atoms with Crippen LogP contribution in [0.2, 0.25) is 5.02 Å². The number of aliphatic hydroxyl groups is 1. The number of halogens is 2. The normalized spacial score (nSPS) is 10.3. The van der Waals surface area contributed by atoms with Crippen LogP contribution in [-0.4, -0.2) is 11.7 Å². The Bertz CT molecular complexity index is 286. The highest BCUT2D eigenvalue weighted by Gasteiger charge is 2.07. The first-order chi connectivity index (χ1) is 5.66. The van der Waals surface area contributed by atoms with Gasteiger partial charge in [0.1, 0.15) is 5.82 Å². The molecule has 0 aromatic heterocycles. The maximum absolute atomic E-state index is 13.1. The second-order valence-electron chi connectivity index (χ2n) is 2.64. The predicted octanol–water partition coefficient (Wildman–Crippen LogP) is 2.32. The standard InChI is InChI=1S/C9H10ClFO/c1-6-2-3-7(4-5-12)8(10)9(6)11/h2-3,12H,4-5H2,1H3. The maximum Gasteiger partial charge on any atom is 0.144 e. The van der Waals surface area contributed by atoms with Gasteiger partial charge in [0.05, 0.1) is 5.02 Å². The molecule has 66 valence electrons. The van der Waals surface area contributed by atoms with E-state index in [1.54, 1.807) is 19.1 Å². The summed E-state index contributed by atoms with van der Waals surface area (Å²) in [5.74, 6) is -0.386. The first-order valence-electron chi connectivity index (χ1n) is 3.71. The number of rotatable bonds is 2. The van der Waals surface area contributed by atoms with Gasteiger partial charge in [-0.2, -0.15) is 0 Å². The van der Waals surface area contributed by atoms with Crippen molar-refractivity contribution in [3.05, 3.63) is 34.1 Å². The molecule has 0 aliphatic carbocycles. The Morgan fingerprint density at radius 2 is 2.17 bits per heavy atom. The van der Waals surface area contributed by atoms with Gasteiger partial charge in [-0.05, 0) is 24.5 Å². The zero-order valence-electron chi connectivity index (χ0n) is 6.77. The van der Waals surface area contributed by atoms with Crippen LogP contribution < -0.4 is 0 Å². The molecule has 0 radical (unpaired) electrons. The van der Waals surface area contributed by atoms with Crippen LogP contribution in [0, 0.1) is 12.7 Å². The summed E-state index contributed by atoms with van der Waals surface area (Å²) in [5.41, 5.74) is 1.18. The molecule has 0 heterocycles. The van der Waals surface area contributed by atoms with E-state index in [0.717, 1.165) is 0 Å².